The molecule has 1 heterocycles. The summed E-state index contributed by atoms with van der Waals surface area (Å²) in [5, 5.41) is 7.03. The van der Waals surface area contributed by atoms with Gasteiger partial charge in [-0.25, -0.2) is 9.78 Å². The Labute approximate surface area is 181 Å². The molecule has 0 saturated heterocycles. The van der Waals surface area contributed by atoms with Crippen molar-refractivity contribution in [1.82, 2.24) is 4.98 Å². The molecule has 0 aliphatic heterocycles. The molecule has 3 aromatic rings. The van der Waals surface area contributed by atoms with Crippen molar-refractivity contribution >= 4 is 57.7 Å². The highest BCUT2D eigenvalue weighted by Crippen LogP contribution is 2.30. The van der Waals surface area contributed by atoms with Gasteiger partial charge in [0.1, 0.15) is 5.82 Å². The number of aromatic nitrogens is 1. The highest BCUT2D eigenvalue weighted by molar-refractivity contribution is 7.14. The zero-order valence-electron chi connectivity index (χ0n) is 15.2. The molecule has 0 saturated carbocycles. The van der Waals surface area contributed by atoms with Gasteiger partial charge in [-0.3, -0.25) is 5.43 Å². The van der Waals surface area contributed by atoms with Crippen molar-refractivity contribution in [1.29, 1.82) is 0 Å². The van der Waals surface area contributed by atoms with E-state index < -0.39 is 5.97 Å². The Balaban J connectivity index is 1.75. The van der Waals surface area contributed by atoms with Crippen LogP contribution in [0.4, 0.5) is 10.9 Å². The summed E-state index contributed by atoms with van der Waals surface area (Å²) in [5.41, 5.74) is 9.29. The number of benzene rings is 2. The molecule has 0 amide bonds. The van der Waals surface area contributed by atoms with Crippen LogP contribution in [0, 0.1) is 0 Å². The number of rotatable bonds is 7. The van der Waals surface area contributed by atoms with E-state index in [-0.39, 0.29) is 16.3 Å². The summed E-state index contributed by atoms with van der Waals surface area (Å²) in [6, 6.07) is 9.61. The van der Waals surface area contributed by atoms with E-state index in [4.69, 9.17) is 38.4 Å². The Bertz CT molecular complexity index is 1060. The van der Waals surface area contributed by atoms with Crippen molar-refractivity contribution < 1.29 is 14.3 Å². The molecular formula is C19H16Cl2N4O3S. The lowest BCUT2D eigenvalue weighted by Crippen LogP contribution is -2.10. The van der Waals surface area contributed by atoms with Crippen LogP contribution < -0.4 is 20.6 Å². The molecule has 0 unspecified atom stereocenters. The average molecular weight is 451 g/mol. The minimum atomic E-state index is -0.614. The fraction of sp³-hybridized carbons (Fsp3) is 0.105. The van der Waals surface area contributed by atoms with E-state index in [9.17, 15) is 4.79 Å². The number of thiazole rings is 1. The summed E-state index contributed by atoms with van der Waals surface area (Å²) in [4.78, 5) is 16.5. The number of hydrazone groups is 1. The van der Waals surface area contributed by atoms with Crippen LogP contribution in [-0.4, -0.2) is 23.8 Å². The van der Waals surface area contributed by atoms with Gasteiger partial charge >= 0.3 is 5.97 Å². The first-order chi connectivity index (χ1) is 14.0. The van der Waals surface area contributed by atoms with Crippen LogP contribution in [0.5, 0.6) is 11.5 Å². The molecule has 0 aliphatic carbocycles. The van der Waals surface area contributed by atoms with Gasteiger partial charge in [0.05, 0.1) is 23.4 Å². The molecule has 0 spiro atoms. The van der Waals surface area contributed by atoms with Gasteiger partial charge in [-0.15, -0.1) is 11.3 Å². The number of nitrogen functional groups attached to an aromatic ring is 1. The summed E-state index contributed by atoms with van der Waals surface area (Å²) in [6.07, 6.45) is 1.59. The molecule has 3 N–H and O–H groups in total. The van der Waals surface area contributed by atoms with Crippen molar-refractivity contribution in [3.05, 3.63) is 63.0 Å². The number of esters is 1. The Morgan fingerprint density at radius 3 is 2.79 bits per heavy atom. The maximum atomic E-state index is 12.5. The normalized spacial score (nSPS) is 10.9. The number of hydrogen-bond donors (Lipinski definition) is 2. The maximum Gasteiger partial charge on any atom is 0.345 e. The summed E-state index contributed by atoms with van der Waals surface area (Å²) >= 11 is 13.3. The minimum Gasteiger partial charge on any atom is -0.490 e. The van der Waals surface area contributed by atoms with E-state index in [0.29, 0.717) is 28.3 Å². The molecule has 1 aromatic heterocycles. The topological polar surface area (TPSA) is 98.8 Å². The van der Waals surface area contributed by atoms with Gasteiger partial charge in [0.2, 0.25) is 5.13 Å². The molecule has 29 heavy (non-hydrogen) atoms. The van der Waals surface area contributed by atoms with E-state index in [0.717, 1.165) is 5.56 Å². The third-order valence-corrected chi connectivity index (χ3v) is 4.83. The van der Waals surface area contributed by atoms with Crippen LogP contribution in [-0.2, 0) is 0 Å². The molecule has 0 bridgehead atoms. The zero-order valence-corrected chi connectivity index (χ0v) is 17.5. The summed E-state index contributed by atoms with van der Waals surface area (Å²) < 4.78 is 11.1. The van der Waals surface area contributed by atoms with Gasteiger partial charge in [0.25, 0.3) is 0 Å². The predicted octanol–water partition coefficient (Wildman–Crippen LogP) is 5.10. The summed E-state index contributed by atoms with van der Waals surface area (Å²) in [7, 11) is 0. The monoisotopic (exact) mass is 450 g/mol. The van der Waals surface area contributed by atoms with Crippen molar-refractivity contribution in [2.75, 3.05) is 17.8 Å². The first-order valence-electron chi connectivity index (χ1n) is 8.40. The number of carbonyl (C=O) groups excluding carboxylic acids is 1. The number of hydrogen-bond acceptors (Lipinski definition) is 8. The van der Waals surface area contributed by atoms with Gasteiger partial charge in [-0.1, -0.05) is 23.2 Å². The van der Waals surface area contributed by atoms with Crippen molar-refractivity contribution in [2.24, 2.45) is 5.10 Å². The van der Waals surface area contributed by atoms with Gasteiger partial charge in [0, 0.05) is 10.4 Å². The molecule has 3 rings (SSSR count). The number of nitrogens with one attached hydrogen (secondary N) is 1. The largest absolute Gasteiger partial charge is 0.490 e. The average Bonchev–Trinajstić information content (AvgIpc) is 3.09. The van der Waals surface area contributed by atoms with Crippen LogP contribution in [0.15, 0.2) is 46.9 Å². The quantitative estimate of drug-likeness (QED) is 0.225. The Kier molecular flexibility index (Phi) is 6.92. The van der Waals surface area contributed by atoms with Crippen LogP contribution in [0.3, 0.4) is 0 Å². The number of anilines is 2. The fourth-order valence-electron chi connectivity index (χ4n) is 2.27. The fourth-order valence-corrected chi connectivity index (χ4v) is 3.30. The highest BCUT2D eigenvalue weighted by atomic mass is 35.5. The molecular weight excluding hydrogens is 435 g/mol. The first-order valence-corrected chi connectivity index (χ1v) is 10.0. The second-order valence-electron chi connectivity index (χ2n) is 5.60. The van der Waals surface area contributed by atoms with Crippen molar-refractivity contribution in [2.45, 2.75) is 6.92 Å². The Morgan fingerprint density at radius 1 is 1.28 bits per heavy atom. The van der Waals surface area contributed by atoms with E-state index in [2.05, 4.69) is 15.5 Å². The molecule has 2 aromatic carbocycles. The number of carbonyl (C=O) groups is 1. The lowest BCUT2D eigenvalue weighted by molar-refractivity contribution is 0.0728. The molecule has 150 valence electrons. The van der Waals surface area contributed by atoms with Crippen LogP contribution >= 0.6 is 34.5 Å². The van der Waals surface area contributed by atoms with Crippen LogP contribution in [0.2, 0.25) is 10.0 Å². The Morgan fingerprint density at radius 2 is 2.10 bits per heavy atom. The molecule has 0 atom stereocenters. The second kappa shape index (κ2) is 9.60. The SMILES string of the molecule is CCOc1cc(C=NNc2nc(N)cs2)ccc1OC(=O)c1ccc(Cl)cc1Cl. The third kappa shape index (κ3) is 5.60. The van der Waals surface area contributed by atoms with Gasteiger partial charge in [0.15, 0.2) is 11.5 Å². The molecule has 10 heteroatoms. The number of halogens is 2. The summed E-state index contributed by atoms with van der Waals surface area (Å²) in [5.74, 6) is 0.476. The van der Waals surface area contributed by atoms with Gasteiger partial charge < -0.3 is 15.2 Å². The zero-order chi connectivity index (χ0) is 20.8. The van der Waals surface area contributed by atoms with E-state index >= 15 is 0 Å². The van der Waals surface area contributed by atoms with E-state index in [1.54, 1.807) is 35.9 Å². The molecule has 0 aliphatic rings. The number of nitrogens with zero attached hydrogens (tertiary/aromatic N) is 2. The first kappa shape index (κ1) is 20.9. The molecule has 7 nitrogen and oxygen atoms in total. The minimum absolute atomic E-state index is 0.205. The van der Waals surface area contributed by atoms with Crippen molar-refractivity contribution in [3.8, 4) is 11.5 Å². The van der Waals surface area contributed by atoms with Crippen molar-refractivity contribution in [3.63, 3.8) is 0 Å². The number of ether oxygens (including phenoxy) is 2. The third-order valence-electron chi connectivity index (χ3n) is 3.52. The molecule has 0 radical (unpaired) electrons. The van der Waals surface area contributed by atoms with E-state index in [1.807, 2.05) is 6.92 Å². The predicted molar refractivity (Wildman–Crippen MR) is 117 cm³/mol. The lowest BCUT2D eigenvalue weighted by atomic mass is 10.2. The smallest absolute Gasteiger partial charge is 0.345 e. The summed E-state index contributed by atoms with van der Waals surface area (Å²) in [6.45, 7) is 2.22. The van der Waals surface area contributed by atoms with Crippen LogP contribution in [0.1, 0.15) is 22.8 Å². The highest BCUT2D eigenvalue weighted by Gasteiger charge is 2.16. The van der Waals surface area contributed by atoms with Gasteiger partial charge in [-0.2, -0.15) is 5.10 Å². The van der Waals surface area contributed by atoms with Gasteiger partial charge in [-0.05, 0) is 48.9 Å². The number of nitrogens with two attached hydrogens (primary N) is 1. The standard InChI is InChI=1S/C19H16Cl2N4O3S/c1-2-27-16-7-11(9-23-25-19-24-17(22)10-29-19)3-6-15(16)28-18(26)13-5-4-12(20)8-14(13)21/h3-10H,2,22H2,1H3,(H,24,25). The second-order valence-corrected chi connectivity index (χ2v) is 7.30. The van der Waals surface area contributed by atoms with E-state index in [1.165, 1.54) is 23.5 Å². The Hall–Kier alpha value is -2.81. The van der Waals surface area contributed by atoms with Crippen LogP contribution in [0.25, 0.3) is 0 Å². The maximum absolute atomic E-state index is 12.5. The molecule has 0 fully saturated rings. The lowest BCUT2D eigenvalue weighted by Gasteiger charge is -2.12.